The fourth-order valence-electron chi connectivity index (χ4n) is 3.64. The summed E-state index contributed by atoms with van der Waals surface area (Å²) in [6, 6.07) is 14.6. The van der Waals surface area contributed by atoms with Gasteiger partial charge in [-0.15, -0.1) is 0 Å². The monoisotopic (exact) mass is 418 g/mol. The topological polar surface area (TPSA) is 114 Å². The smallest absolute Gasteiger partial charge is 0.300 e. The summed E-state index contributed by atoms with van der Waals surface area (Å²) in [5.74, 6) is -1.19. The van der Waals surface area contributed by atoms with Crippen LogP contribution in [0.3, 0.4) is 0 Å². The number of nitrogens with zero attached hydrogens (tertiary/aromatic N) is 2. The number of rotatable bonds is 4. The van der Waals surface area contributed by atoms with Crippen LogP contribution in [0.1, 0.15) is 28.7 Å². The lowest BCUT2D eigenvalue weighted by Gasteiger charge is -2.23. The van der Waals surface area contributed by atoms with Gasteiger partial charge in [0.1, 0.15) is 23.3 Å². The second-order valence-electron chi connectivity index (χ2n) is 7.26. The molecule has 2 heterocycles. The van der Waals surface area contributed by atoms with Crippen molar-refractivity contribution in [1.82, 2.24) is 0 Å². The van der Waals surface area contributed by atoms with Gasteiger partial charge in [-0.25, -0.2) is 0 Å². The number of carbonyl (C=O) groups is 2. The number of furan rings is 1. The molecule has 1 aliphatic rings. The molecule has 1 unspecified atom stereocenters. The number of amides is 1. The third-order valence-electron chi connectivity index (χ3n) is 5.11. The Hall–Kier alpha value is -4.20. The van der Waals surface area contributed by atoms with Crippen molar-refractivity contribution in [3.8, 4) is 0 Å². The maximum atomic E-state index is 13.0. The number of aryl methyl sites for hydroxylation is 2. The summed E-state index contributed by atoms with van der Waals surface area (Å²) in [6.45, 7) is 3.60. The van der Waals surface area contributed by atoms with Crippen molar-refractivity contribution in [2.24, 2.45) is 0 Å². The molecule has 8 heteroatoms. The van der Waals surface area contributed by atoms with E-state index in [0.717, 1.165) is 5.56 Å². The Morgan fingerprint density at radius 2 is 1.77 bits per heavy atom. The average molecular weight is 418 g/mol. The Morgan fingerprint density at radius 1 is 1.06 bits per heavy atom. The van der Waals surface area contributed by atoms with Gasteiger partial charge in [0.05, 0.1) is 10.5 Å². The van der Waals surface area contributed by atoms with Crippen molar-refractivity contribution < 1.29 is 24.0 Å². The second-order valence-corrected chi connectivity index (χ2v) is 7.26. The number of benzene rings is 2. The van der Waals surface area contributed by atoms with Crippen LogP contribution in [0.25, 0.3) is 5.76 Å². The Kier molecular flexibility index (Phi) is 4.90. The molecule has 1 amide bonds. The Bertz CT molecular complexity index is 1240. The van der Waals surface area contributed by atoms with Gasteiger partial charge in [0.2, 0.25) is 0 Å². The van der Waals surface area contributed by atoms with Gasteiger partial charge in [-0.2, -0.15) is 0 Å². The van der Waals surface area contributed by atoms with Crippen molar-refractivity contribution in [3.05, 3.63) is 99.0 Å². The molecule has 1 aliphatic heterocycles. The summed E-state index contributed by atoms with van der Waals surface area (Å²) in [5, 5.41) is 21.9. The van der Waals surface area contributed by atoms with E-state index in [-0.39, 0.29) is 16.8 Å². The summed E-state index contributed by atoms with van der Waals surface area (Å²) >= 11 is 0. The van der Waals surface area contributed by atoms with Crippen molar-refractivity contribution >= 4 is 28.8 Å². The van der Waals surface area contributed by atoms with E-state index in [1.807, 2.05) is 13.0 Å². The highest BCUT2D eigenvalue weighted by Gasteiger charge is 2.48. The number of aliphatic hydroxyl groups is 1. The van der Waals surface area contributed by atoms with Crippen LogP contribution in [-0.2, 0) is 9.59 Å². The SMILES string of the molecule is Cc1cccc(N2C(=O)C(=O)/C(=C(\O)c3ccc([N+](=O)[O-])cc3)C2c2ccc(C)o2)c1. The lowest BCUT2D eigenvalue weighted by atomic mass is 9.99. The number of hydrogen-bond donors (Lipinski definition) is 1. The van der Waals surface area contributed by atoms with Crippen LogP contribution < -0.4 is 4.90 Å². The largest absolute Gasteiger partial charge is 0.507 e. The third-order valence-corrected chi connectivity index (χ3v) is 5.11. The predicted octanol–water partition coefficient (Wildman–Crippen LogP) is 4.43. The number of non-ortho nitro benzene ring substituents is 1. The Balaban J connectivity index is 1.91. The lowest BCUT2D eigenvalue weighted by molar-refractivity contribution is -0.384. The van der Waals surface area contributed by atoms with Crippen LogP contribution in [0, 0.1) is 24.0 Å². The zero-order valence-corrected chi connectivity index (χ0v) is 16.7. The fourth-order valence-corrected chi connectivity index (χ4v) is 3.64. The fraction of sp³-hybridized carbons (Fsp3) is 0.130. The van der Waals surface area contributed by atoms with E-state index >= 15 is 0 Å². The minimum atomic E-state index is -0.981. The van der Waals surface area contributed by atoms with Crippen molar-refractivity contribution in [1.29, 1.82) is 0 Å². The molecule has 1 N–H and O–H groups in total. The molecule has 0 saturated carbocycles. The summed E-state index contributed by atoms with van der Waals surface area (Å²) in [6.07, 6.45) is 0. The number of Topliss-reactive ketones (excluding diaryl/α,β-unsaturated/α-hetero) is 1. The molecular formula is C23H18N2O6. The molecule has 1 aromatic heterocycles. The van der Waals surface area contributed by atoms with Gasteiger partial charge < -0.3 is 9.52 Å². The molecule has 156 valence electrons. The zero-order valence-electron chi connectivity index (χ0n) is 16.7. The molecule has 1 fully saturated rings. The molecule has 3 aromatic rings. The average Bonchev–Trinajstić information content (AvgIpc) is 3.28. The van der Waals surface area contributed by atoms with Gasteiger partial charge in [-0.05, 0) is 55.8 Å². The van der Waals surface area contributed by atoms with Crippen LogP contribution >= 0.6 is 0 Å². The number of nitro groups is 1. The number of anilines is 1. The number of aliphatic hydroxyl groups excluding tert-OH is 1. The maximum absolute atomic E-state index is 13.0. The first-order valence-corrected chi connectivity index (χ1v) is 9.47. The molecule has 0 radical (unpaired) electrons. The van der Waals surface area contributed by atoms with E-state index in [2.05, 4.69) is 0 Å². The first kappa shape index (κ1) is 20.1. The number of hydrogen-bond acceptors (Lipinski definition) is 6. The molecule has 0 spiro atoms. The summed E-state index contributed by atoms with van der Waals surface area (Å²) in [5.41, 5.74) is 1.26. The van der Waals surface area contributed by atoms with Gasteiger partial charge >= 0.3 is 0 Å². The summed E-state index contributed by atoms with van der Waals surface area (Å²) < 4.78 is 5.73. The molecule has 1 saturated heterocycles. The van der Waals surface area contributed by atoms with E-state index in [0.29, 0.717) is 17.2 Å². The van der Waals surface area contributed by atoms with Crippen LogP contribution in [0.4, 0.5) is 11.4 Å². The molecule has 1 atom stereocenters. The van der Waals surface area contributed by atoms with Crippen molar-refractivity contribution in [2.75, 3.05) is 4.90 Å². The van der Waals surface area contributed by atoms with E-state index in [1.165, 1.54) is 29.2 Å². The second kappa shape index (κ2) is 7.56. The summed E-state index contributed by atoms with van der Waals surface area (Å²) in [4.78, 5) is 37.6. The van der Waals surface area contributed by atoms with Crippen LogP contribution in [-0.4, -0.2) is 21.7 Å². The van der Waals surface area contributed by atoms with Crippen molar-refractivity contribution in [2.45, 2.75) is 19.9 Å². The van der Waals surface area contributed by atoms with Crippen LogP contribution in [0.5, 0.6) is 0 Å². The minimum Gasteiger partial charge on any atom is -0.507 e. The van der Waals surface area contributed by atoms with Gasteiger partial charge in [0, 0.05) is 23.4 Å². The van der Waals surface area contributed by atoms with Gasteiger partial charge in [0.25, 0.3) is 17.4 Å². The lowest BCUT2D eigenvalue weighted by Crippen LogP contribution is -2.29. The number of nitro benzene ring substituents is 1. The normalized spacial score (nSPS) is 17.9. The summed E-state index contributed by atoms with van der Waals surface area (Å²) in [7, 11) is 0. The van der Waals surface area contributed by atoms with Gasteiger partial charge in [-0.3, -0.25) is 24.6 Å². The van der Waals surface area contributed by atoms with E-state index < -0.39 is 28.4 Å². The highest BCUT2D eigenvalue weighted by atomic mass is 16.6. The van der Waals surface area contributed by atoms with E-state index in [9.17, 15) is 24.8 Å². The minimum absolute atomic E-state index is 0.144. The molecule has 0 bridgehead atoms. The van der Waals surface area contributed by atoms with Crippen LogP contribution in [0.15, 0.2) is 70.7 Å². The van der Waals surface area contributed by atoms with E-state index in [4.69, 9.17) is 4.42 Å². The predicted molar refractivity (Wildman–Crippen MR) is 113 cm³/mol. The van der Waals surface area contributed by atoms with Crippen LogP contribution in [0.2, 0.25) is 0 Å². The molecular weight excluding hydrogens is 400 g/mol. The van der Waals surface area contributed by atoms with Crippen molar-refractivity contribution in [3.63, 3.8) is 0 Å². The Morgan fingerprint density at radius 3 is 2.35 bits per heavy atom. The molecule has 4 rings (SSSR count). The standard InChI is InChI=1S/C23H18N2O6/c1-13-4-3-5-17(12-13)24-20(18-11-6-14(2)31-18)19(22(27)23(24)28)21(26)15-7-9-16(10-8-15)25(29)30/h3-12,20,26H,1-2H3/b21-19-. The Labute approximate surface area is 177 Å². The van der Waals surface area contributed by atoms with Gasteiger partial charge in [-0.1, -0.05) is 12.1 Å². The molecule has 8 nitrogen and oxygen atoms in total. The number of ketones is 1. The highest BCUT2D eigenvalue weighted by Crippen LogP contribution is 2.42. The number of carbonyl (C=O) groups excluding carboxylic acids is 2. The molecule has 2 aromatic carbocycles. The molecule has 31 heavy (non-hydrogen) atoms. The maximum Gasteiger partial charge on any atom is 0.300 e. The highest BCUT2D eigenvalue weighted by molar-refractivity contribution is 6.51. The van der Waals surface area contributed by atoms with E-state index in [1.54, 1.807) is 37.3 Å². The molecule has 0 aliphatic carbocycles. The van der Waals surface area contributed by atoms with Gasteiger partial charge in [0.15, 0.2) is 0 Å². The third kappa shape index (κ3) is 3.48. The quantitative estimate of drug-likeness (QED) is 0.220. The zero-order chi connectivity index (χ0) is 22.3. The first-order valence-electron chi connectivity index (χ1n) is 9.47. The first-order chi connectivity index (χ1) is 14.8.